The van der Waals surface area contributed by atoms with Crippen LogP contribution in [0, 0.1) is 13.8 Å². The van der Waals surface area contributed by atoms with E-state index < -0.39 is 0 Å². The Morgan fingerprint density at radius 3 is 2.52 bits per heavy atom. The fourth-order valence-corrected chi connectivity index (χ4v) is 2.46. The van der Waals surface area contributed by atoms with Gasteiger partial charge in [0.05, 0.1) is 0 Å². The van der Waals surface area contributed by atoms with Crippen LogP contribution in [-0.4, -0.2) is 5.91 Å². The summed E-state index contributed by atoms with van der Waals surface area (Å²) in [5.41, 5.74) is 5.41. The number of nitrogens with one attached hydrogen (secondary N) is 1. The summed E-state index contributed by atoms with van der Waals surface area (Å²) in [4.78, 5) is 11.7. The first-order valence-corrected chi connectivity index (χ1v) is 8.15. The SMILES string of the molecule is CCC(=O)Nc1ccc(CC)cc1COc1ccc(C)cc1C. The van der Waals surface area contributed by atoms with E-state index in [1.807, 2.05) is 38.1 Å². The van der Waals surface area contributed by atoms with Gasteiger partial charge in [-0.3, -0.25) is 4.79 Å². The summed E-state index contributed by atoms with van der Waals surface area (Å²) in [7, 11) is 0. The second-order valence-corrected chi connectivity index (χ2v) is 5.80. The smallest absolute Gasteiger partial charge is 0.224 e. The predicted molar refractivity (Wildman–Crippen MR) is 95.0 cm³/mol. The quantitative estimate of drug-likeness (QED) is 0.832. The van der Waals surface area contributed by atoms with Gasteiger partial charge in [0.2, 0.25) is 5.91 Å². The average Bonchev–Trinajstić information content (AvgIpc) is 2.55. The number of aryl methyl sites for hydroxylation is 3. The van der Waals surface area contributed by atoms with Crippen molar-refractivity contribution in [3.63, 3.8) is 0 Å². The van der Waals surface area contributed by atoms with Crippen molar-refractivity contribution in [2.24, 2.45) is 0 Å². The minimum Gasteiger partial charge on any atom is -0.489 e. The number of ether oxygens (including phenoxy) is 1. The van der Waals surface area contributed by atoms with Crippen LogP contribution in [0.15, 0.2) is 36.4 Å². The molecule has 3 heteroatoms. The lowest BCUT2D eigenvalue weighted by atomic mass is 10.1. The molecule has 3 nitrogen and oxygen atoms in total. The first-order valence-electron chi connectivity index (χ1n) is 8.15. The van der Waals surface area contributed by atoms with Gasteiger partial charge >= 0.3 is 0 Å². The molecule has 0 aliphatic carbocycles. The Morgan fingerprint density at radius 2 is 1.87 bits per heavy atom. The fraction of sp³-hybridized carbons (Fsp3) is 0.350. The molecule has 2 aromatic carbocycles. The molecule has 0 atom stereocenters. The number of amides is 1. The molecule has 122 valence electrons. The monoisotopic (exact) mass is 311 g/mol. The number of anilines is 1. The standard InChI is InChI=1S/C20H25NO2/c1-5-16-8-9-18(21-20(22)6-2)17(12-16)13-23-19-10-7-14(3)11-15(19)4/h7-12H,5-6,13H2,1-4H3,(H,21,22). The zero-order valence-corrected chi connectivity index (χ0v) is 14.4. The maximum atomic E-state index is 11.7. The Hall–Kier alpha value is -2.29. The Bertz CT molecular complexity index is 692. The highest BCUT2D eigenvalue weighted by atomic mass is 16.5. The first-order chi connectivity index (χ1) is 11.0. The molecule has 0 heterocycles. The summed E-state index contributed by atoms with van der Waals surface area (Å²) in [6, 6.07) is 12.3. The highest BCUT2D eigenvalue weighted by Gasteiger charge is 2.08. The van der Waals surface area contributed by atoms with Crippen molar-refractivity contribution in [2.75, 3.05) is 5.32 Å². The minimum atomic E-state index is 0.0158. The Labute approximate surface area is 138 Å². The van der Waals surface area contributed by atoms with Crippen LogP contribution in [0.25, 0.3) is 0 Å². The second-order valence-electron chi connectivity index (χ2n) is 5.80. The molecule has 2 aromatic rings. The number of rotatable bonds is 6. The van der Waals surface area contributed by atoms with E-state index in [4.69, 9.17) is 4.74 Å². The van der Waals surface area contributed by atoms with E-state index in [-0.39, 0.29) is 5.91 Å². The summed E-state index contributed by atoms with van der Waals surface area (Å²) < 4.78 is 5.98. The van der Waals surface area contributed by atoms with Crippen molar-refractivity contribution in [2.45, 2.75) is 47.1 Å². The van der Waals surface area contributed by atoms with Gasteiger partial charge < -0.3 is 10.1 Å². The molecule has 0 aliphatic rings. The van der Waals surface area contributed by atoms with Crippen LogP contribution in [-0.2, 0) is 17.8 Å². The number of benzene rings is 2. The number of hydrogen-bond donors (Lipinski definition) is 1. The van der Waals surface area contributed by atoms with Crippen molar-refractivity contribution in [1.29, 1.82) is 0 Å². The van der Waals surface area contributed by atoms with Gasteiger partial charge in [0.15, 0.2) is 0 Å². The normalized spacial score (nSPS) is 10.4. The van der Waals surface area contributed by atoms with Crippen LogP contribution in [0.1, 0.15) is 42.5 Å². The van der Waals surface area contributed by atoms with Crippen LogP contribution < -0.4 is 10.1 Å². The lowest BCUT2D eigenvalue weighted by Gasteiger charge is -2.15. The molecular formula is C20H25NO2. The molecule has 23 heavy (non-hydrogen) atoms. The summed E-state index contributed by atoms with van der Waals surface area (Å²) in [5, 5.41) is 2.95. The highest BCUT2D eigenvalue weighted by molar-refractivity contribution is 5.91. The molecule has 1 amide bonds. The predicted octanol–water partition coefficient (Wildman–Crippen LogP) is 4.79. The summed E-state index contributed by atoms with van der Waals surface area (Å²) in [5.74, 6) is 0.896. The van der Waals surface area contributed by atoms with Gasteiger partial charge in [-0.15, -0.1) is 0 Å². The second kappa shape index (κ2) is 7.82. The van der Waals surface area contributed by atoms with E-state index in [1.165, 1.54) is 11.1 Å². The first kappa shape index (κ1) is 17.1. The molecule has 0 fully saturated rings. The summed E-state index contributed by atoms with van der Waals surface area (Å²) in [6.45, 7) is 8.53. The van der Waals surface area contributed by atoms with Gasteiger partial charge in [-0.1, -0.05) is 43.7 Å². The molecule has 0 saturated heterocycles. The Balaban J connectivity index is 2.20. The van der Waals surface area contributed by atoms with E-state index in [1.54, 1.807) is 0 Å². The van der Waals surface area contributed by atoms with Crippen molar-refractivity contribution in [3.8, 4) is 5.75 Å². The molecule has 0 unspecified atom stereocenters. The van der Waals surface area contributed by atoms with Crippen molar-refractivity contribution >= 4 is 11.6 Å². The molecule has 0 aromatic heterocycles. The van der Waals surface area contributed by atoms with Crippen molar-refractivity contribution < 1.29 is 9.53 Å². The maximum Gasteiger partial charge on any atom is 0.224 e. The highest BCUT2D eigenvalue weighted by Crippen LogP contribution is 2.24. The molecule has 0 radical (unpaired) electrons. The third kappa shape index (κ3) is 4.59. The third-order valence-corrected chi connectivity index (χ3v) is 3.89. The average molecular weight is 311 g/mol. The fourth-order valence-electron chi connectivity index (χ4n) is 2.46. The van der Waals surface area contributed by atoms with Gasteiger partial charge in [0.1, 0.15) is 12.4 Å². The lowest BCUT2D eigenvalue weighted by Crippen LogP contribution is -2.12. The lowest BCUT2D eigenvalue weighted by molar-refractivity contribution is -0.115. The van der Waals surface area contributed by atoms with Crippen LogP contribution in [0.3, 0.4) is 0 Å². The zero-order valence-electron chi connectivity index (χ0n) is 14.4. The molecule has 2 rings (SSSR count). The zero-order chi connectivity index (χ0) is 16.8. The van der Waals surface area contributed by atoms with E-state index in [0.29, 0.717) is 13.0 Å². The Kier molecular flexibility index (Phi) is 5.80. The van der Waals surface area contributed by atoms with Gasteiger partial charge in [0.25, 0.3) is 0 Å². The van der Waals surface area contributed by atoms with Gasteiger partial charge in [-0.05, 0) is 43.5 Å². The van der Waals surface area contributed by atoms with E-state index in [9.17, 15) is 4.79 Å². The number of hydrogen-bond acceptors (Lipinski definition) is 2. The van der Waals surface area contributed by atoms with Gasteiger partial charge in [-0.2, -0.15) is 0 Å². The van der Waals surface area contributed by atoms with Crippen molar-refractivity contribution in [3.05, 3.63) is 58.7 Å². The van der Waals surface area contributed by atoms with Gasteiger partial charge in [-0.25, -0.2) is 0 Å². The summed E-state index contributed by atoms with van der Waals surface area (Å²) in [6.07, 6.45) is 1.42. The van der Waals surface area contributed by atoms with Crippen LogP contribution in [0.4, 0.5) is 5.69 Å². The van der Waals surface area contributed by atoms with E-state index in [2.05, 4.69) is 31.3 Å². The largest absolute Gasteiger partial charge is 0.489 e. The van der Waals surface area contributed by atoms with Crippen LogP contribution >= 0.6 is 0 Å². The summed E-state index contributed by atoms with van der Waals surface area (Å²) >= 11 is 0. The van der Waals surface area contributed by atoms with Crippen molar-refractivity contribution in [1.82, 2.24) is 0 Å². The van der Waals surface area contributed by atoms with Gasteiger partial charge in [0, 0.05) is 17.7 Å². The molecule has 0 aliphatic heterocycles. The maximum absolute atomic E-state index is 11.7. The van der Waals surface area contributed by atoms with E-state index in [0.717, 1.165) is 29.0 Å². The number of carbonyl (C=O) groups excluding carboxylic acids is 1. The topological polar surface area (TPSA) is 38.3 Å². The van der Waals surface area contributed by atoms with Crippen LogP contribution in [0.2, 0.25) is 0 Å². The molecule has 0 saturated carbocycles. The Morgan fingerprint density at radius 1 is 1.09 bits per heavy atom. The molecule has 1 N–H and O–H groups in total. The van der Waals surface area contributed by atoms with E-state index >= 15 is 0 Å². The third-order valence-electron chi connectivity index (χ3n) is 3.89. The molecular weight excluding hydrogens is 286 g/mol. The van der Waals surface area contributed by atoms with Crippen LogP contribution in [0.5, 0.6) is 5.75 Å². The molecule has 0 bridgehead atoms. The molecule has 0 spiro atoms. The number of carbonyl (C=O) groups is 1. The minimum absolute atomic E-state index is 0.0158.